The van der Waals surface area contributed by atoms with Crippen molar-refractivity contribution in [1.29, 1.82) is 0 Å². The first-order valence-electron chi connectivity index (χ1n) is 8.74. The number of amides is 1. The molecule has 1 amide bonds. The van der Waals surface area contributed by atoms with Gasteiger partial charge in [0.05, 0.1) is 18.0 Å². The molecule has 1 unspecified atom stereocenters. The fraction of sp³-hybridized carbons (Fsp3) is 0.286. The molecule has 0 fully saturated rings. The number of fused-ring (bicyclic) bond motifs is 1. The van der Waals surface area contributed by atoms with Gasteiger partial charge in [0.1, 0.15) is 0 Å². The Bertz CT molecular complexity index is 975. The second-order valence-electron chi connectivity index (χ2n) is 6.71. The Kier molecular flexibility index (Phi) is 5.64. The van der Waals surface area contributed by atoms with Gasteiger partial charge < -0.3 is 5.32 Å². The zero-order chi connectivity index (χ0) is 19.4. The van der Waals surface area contributed by atoms with Gasteiger partial charge in [0, 0.05) is 18.0 Å². The Morgan fingerprint density at radius 2 is 1.93 bits per heavy atom. The van der Waals surface area contributed by atoms with E-state index in [4.69, 9.17) is 6.42 Å². The molecule has 27 heavy (non-hydrogen) atoms. The van der Waals surface area contributed by atoms with Crippen molar-refractivity contribution in [3.63, 3.8) is 0 Å². The van der Waals surface area contributed by atoms with Crippen LogP contribution in [0.2, 0.25) is 0 Å². The third-order valence-electron chi connectivity index (χ3n) is 4.75. The molecule has 1 aliphatic rings. The Hall–Kier alpha value is -2.62. The van der Waals surface area contributed by atoms with Crippen LogP contribution in [-0.2, 0) is 21.1 Å². The first kappa shape index (κ1) is 19.2. The van der Waals surface area contributed by atoms with Crippen molar-refractivity contribution >= 4 is 21.4 Å². The number of anilines is 1. The minimum Gasteiger partial charge on any atom is -0.325 e. The summed E-state index contributed by atoms with van der Waals surface area (Å²) in [6.07, 6.45) is 8.60. The quantitative estimate of drug-likeness (QED) is 0.780. The summed E-state index contributed by atoms with van der Waals surface area (Å²) in [6.45, 7) is 0.566. The monoisotopic (exact) mass is 382 g/mol. The number of hydrogen-bond acceptors (Lipinski definition) is 4. The van der Waals surface area contributed by atoms with Crippen LogP contribution in [0.25, 0.3) is 0 Å². The van der Waals surface area contributed by atoms with Crippen molar-refractivity contribution in [2.75, 3.05) is 24.7 Å². The van der Waals surface area contributed by atoms with Crippen LogP contribution in [0.1, 0.15) is 23.6 Å². The maximum Gasteiger partial charge on any atom is 0.238 e. The second kappa shape index (κ2) is 7.95. The number of nitrogens with zero attached hydrogens (tertiary/aromatic N) is 1. The van der Waals surface area contributed by atoms with E-state index in [1.165, 1.54) is 23.3 Å². The van der Waals surface area contributed by atoms with Crippen LogP contribution in [0.4, 0.5) is 5.69 Å². The number of hydrogen-bond donors (Lipinski definition) is 1. The third kappa shape index (κ3) is 4.57. The average molecular weight is 382 g/mol. The molecule has 0 bridgehead atoms. The van der Waals surface area contributed by atoms with Crippen LogP contribution in [0.3, 0.4) is 0 Å². The summed E-state index contributed by atoms with van der Waals surface area (Å²) in [7, 11) is -3.26. The standard InChI is InChI=1S/C21H22N2O3S/c1-3-14-23(20-13-8-16-6-4-5-7-19(16)20)15-21(24)22-17-9-11-18(12-10-17)27(2,25)26/h1,4-7,9-12,20H,8,13-15H2,2H3,(H,22,24). The smallest absolute Gasteiger partial charge is 0.238 e. The number of benzene rings is 2. The van der Waals surface area contributed by atoms with Crippen molar-refractivity contribution in [2.45, 2.75) is 23.8 Å². The molecule has 1 N–H and O–H groups in total. The highest BCUT2D eigenvalue weighted by Gasteiger charge is 2.28. The van der Waals surface area contributed by atoms with Crippen LogP contribution < -0.4 is 5.32 Å². The number of rotatable bonds is 6. The number of aryl methyl sites for hydroxylation is 1. The maximum atomic E-state index is 12.5. The van der Waals surface area contributed by atoms with Crippen molar-refractivity contribution < 1.29 is 13.2 Å². The van der Waals surface area contributed by atoms with Crippen LogP contribution in [-0.4, -0.2) is 38.6 Å². The van der Waals surface area contributed by atoms with E-state index in [1.54, 1.807) is 12.1 Å². The molecule has 0 aliphatic heterocycles. The molecular weight excluding hydrogens is 360 g/mol. The van der Waals surface area contributed by atoms with Crippen LogP contribution in [0.15, 0.2) is 53.4 Å². The summed E-state index contributed by atoms with van der Waals surface area (Å²) in [5.74, 6) is 2.47. The summed E-state index contributed by atoms with van der Waals surface area (Å²) in [6, 6.07) is 14.5. The Morgan fingerprint density at radius 1 is 1.22 bits per heavy atom. The van der Waals surface area contributed by atoms with Gasteiger partial charge in [0.25, 0.3) is 0 Å². The zero-order valence-corrected chi connectivity index (χ0v) is 16.0. The minimum atomic E-state index is -3.26. The highest BCUT2D eigenvalue weighted by Crippen LogP contribution is 2.35. The Labute approximate surface area is 160 Å². The maximum absolute atomic E-state index is 12.5. The van der Waals surface area contributed by atoms with E-state index in [0.29, 0.717) is 12.2 Å². The van der Waals surface area contributed by atoms with Gasteiger partial charge in [0.15, 0.2) is 9.84 Å². The van der Waals surface area contributed by atoms with Gasteiger partial charge in [-0.3, -0.25) is 9.69 Å². The molecule has 3 rings (SSSR count). The zero-order valence-electron chi connectivity index (χ0n) is 15.2. The third-order valence-corrected chi connectivity index (χ3v) is 5.88. The second-order valence-corrected chi connectivity index (χ2v) is 8.72. The van der Waals surface area contributed by atoms with E-state index in [1.807, 2.05) is 17.0 Å². The lowest BCUT2D eigenvalue weighted by Gasteiger charge is -2.27. The number of carbonyl (C=O) groups is 1. The predicted octanol–water partition coefficient (Wildman–Crippen LogP) is 2.65. The molecule has 140 valence electrons. The van der Waals surface area contributed by atoms with Crippen LogP contribution in [0, 0.1) is 12.3 Å². The van der Waals surface area contributed by atoms with E-state index in [9.17, 15) is 13.2 Å². The lowest BCUT2D eigenvalue weighted by molar-refractivity contribution is -0.117. The molecule has 5 nitrogen and oxygen atoms in total. The first-order chi connectivity index (χ1) is 12.9. The van der Waals surface area contributed by atoms with Gasteiger partial charge in [-0.1, -0.05) is 30.2 Å². The summed E-state index contributed by atoms with van der Waals surface area (Å²) < 4.78 is 23.0. The molecule has 0 saturated heterocycles. The highest BCUT2D eigenvalue weighted by atomic mass is 32.2. The summed E-state index contributed by atoms with van der Waals surface area (Å²) >= 11 is 0. The average Bonchev–Trinajstić information content (AvgIpc) is 3.05. The lowest BCUT2D eigenvalue weighted by atomic mass is 10.1. The molecule has 1 aliphatic carbocycles. The SMILES string of the molecule is C#CCN(CC(=O)Nc1ccc(S(C)(=O)=O)cc1)C1CCc2ccccc21. The van der Waals surface area contributed by atoms with Gasteiger partial charge in [-0.2, -0.15) is 0 Å². The van der Waals surface area contributed by atoms with Gasteiger partial charge >= 0.3 is 0 Å². The van der Waals surface area contributed by atoms with Crippen molar-refractivity contribution in [2.24, 2.45) is 0 Å². The number of sulfone groups is 1. The normalized spacial score (nSPS) is 16.0. The molecule has 1 atom stereocenters. The van der Waals surface area contributed by atoms with E-state index in [-0.39, 0.29) is 23.4 Å². The lowest BCUT2D eigenvalue weighted by Crippen LogP contribution is -2.36. The molecule has 2 aromatic rings. The molecule has 6 heteroatoms. The number of nitrogens with one attached hydrogen (secondary N) is 1. The molecule has 0 aromatic heterocycles. The largest absolute Gasteiger partial charge is 0.325 e. The van der Waals surface area contributed by atoms with Gasteiger partial charge in [0.2, 0.25) is 5.91 Å². The van der Waals surface area contributed by atoms with Gasteiger partial charge in [-0.05, 0) is 48.2 Å². The minimum absolute atomic E-state index is 0.135. The van der Waals surface area contributed by atoms with Crippen molar-refractivity contribution in [3.8, 4) is 12.3 Å². The molecule has 2 aromatic carbocycles. The molecule has 0 spiro atoms. The summed E-state index contributed by atoms with van der Waals surface area (Å²) in [5, 5.41) is 2.81. The van der Waals surface area contributed by atoms with Crippen LogP contribution in [0.5, 0.6) is 0 Å². The van der Waals surface area contributed by atoms with E-state index < -0.39 is 9.84 Å². The van der Waals surface area contributed by atoms with E-state index >= 15 is 0 Å². The predicted molar refractivity (Wildman–Crippen MR) is 106 cm³/mol. The van der Waals surface area contributed by atoms with Gasteiger partial charge in [-0.15, -0.1) is 6.42 Å². The number of carbonyl (C=O) groups excluding carboxylic acids is 1. The van der Waals surface area contributed by atoms with Gasteiger partial charge in [-0.25, -0.2) is 8.42 Å². The number of terminal acetylenes is 1. The fourth-order valence-electron chi connectivity index (χ4n) is 3.48. The van der Waals surface area contributed by atoms with E-state index in [0.717, 1.165) is 19.1 Å². The van der Waals surface area contributed by atoms with Crippen LogP contribution >= 0.6 is 0 Å². The molecule has 0 heterocycles. The summed E-state index contributed by atoms with van der Waals surface area (Å²) in [5.41, 5.74) is 3.10. The Balaban J connectivity index is 1.69. The summed E-state index contributed by atoms with van der Waals surface area (Å²) in [4.78, 5) is 14.7. The molecule has 0 saturated carbocycles. The topological polar surface area (TPSA) is 66.5 Å². The van der Waals surface area contributed by atoms with Crippen molar-refractivity contribution in [1.82, 2.24) is 4.90 Å². The first-order valence-corrected chi connectivity index (χ1v) is 10.6. The molecular formula is C21H22N2O3S. The Morgan fingerprint density at radius 3 is 2.59 bits per heavy atom. The molecule has 0 radical (unpaired) electrons. The van der Waals surface area contributed by atoms with E-state index in [2.05, 4.69) is 23.4 Å². The van der Waals surface area contributed by atoms with Crippen molar-refractivity contribution in [3.05, 3.63) is 59.7 Å². The highest BCUT2D eigenvalue weighted by molar-refractivity contribution is 7.90. The fourth-order valence-corrected chi connectivity index (χ4v) is 4.11.